The van der Waals surface area contributed by atoms with Crippen molar-refractivity contribution >= 4 is 23.1 Å². The predicted molar refractivity (Wildman–Crippen MR) is 34.1 cm³/mol. The molecule has 0 aliphatic carbocycles. The molecule has 0 aliphatic heterocycles. The summed E-state index contributed by atoms with van der Waals surface area (Å²) in [6.07, 6.45) is 1.49. The van der Waals surface area contributed by atoms with Crippen molar-refractivity contribution < 1.29 is 0 Å². The van der Waals surface area contributed by atoms with E-state index in [0.717, 1.165) is 11.5 Å². The Morgan fingerprint density at radius 2 is 2.67 bits per heavy atom. The minimum absolute atomic E-state index is 0.593. The van der Waals surface area contributed by atoms with E-state index >= 15 is 0 Å². The van der Waals surface area contributed by atoms with E-state index in [9.17, 15) is 0 Å². The highest BCUT2D eigenvalue weighted by Crippen LogP contribution is 2.20. The fraction of sp³-hybridized carbons (Fsp3) is 0.250. The van der Waals surface area contributed by atoms with E-state index in [1.54, 1.807) is 0 Å². The molecule has 0 saturated heterocycles. The molecule has 0 spiro atoms. The summed E-state index contributed by atoms with van der Waals surface area (Å²) in [5, 5.41) is 11.2. The average Bonchev–Trinajstić information content (AvgIpc) is 2.37. The lowest BCUT2D eigenvalue weighted by molar-refractivity contribution is 1.14. The maximum Gasteiger partial charge on any atom is 0.157 e. The summed E-state index contributed by atoms with van der Waals surface area (Å²) >= 11 is 6.64. The van der Waals surface area contributed by atoms with Crippen LogP contribution < -0.4 is 0 Å². The zero-order valence-corrected chi connectivity index (χ0v) is 5.85. The lowest BCUT2D eigenvalue weighted by Gasteiger charge is -1.87. The Balaban J connectivity index is 2.80. The number of hydrogen-bond donors (Lipinski definition) is 0. The Labute approximate surface area is 61.0 Å². The number of nitriles is 1. The molecule has 1 atom stereocenters. The molecule has 1 aromatic heterocycles. The second kappa shape index (κ2) is 2.76. The summed E-state index contributed by atoms with van der Waals surface area (Å²) in [7, 11) is 0. The Bertz CT molecular complexity index is 214. The lowest BCUT2D eigenvalue weighted by Crippen LogP contribution is -1.77. The molecule has 5 heteroatoms. The van der Waals surface area contributed by atoms with Gasteiger partial charge in [-0.3, -0.25) is 0 Å². The molecule has 1 heterocycles. The molecular formula is C4H2ClN3S. The van der Waals surface area contributed by atoms with Crippen LogP contribution in [0.25, 0.3) is 0 Å². The summed E-state index contributed by atoms with van der Waals surface area (Å²) in [5.41, 5.74) is 0. The van der Waals surface area contributed by atoms with Gasteiger partial charge < -0.3 is 0 Å². The normalized spacial score (nSPS) is 12.4. The van der Waals surface area contributed by atoms with Gasteiger partial charge in [0.1, 0.15) is 0 Å². The molecule has 0 amide bonds. The van der Waals surface area contributed by atoms with Gasteiger partial charge in [-0.05, 0) is 11.5 Å². The Kier molecular flexibility index (Phi) is 1.98. The summed E-state index contributed by atoms with van der Waals surface area (Å²) in [6.45, 7) is 0. The zero-order chi connectivity index (χ0) is 6.69. The Morgan fingerprint density at radius 1 is 1.89 bits per heavy atom. The minimum Gasteiger partial charge on any atom is -0.196 e. The Morgan fingerprint density at radius 3 is 3.11 bits per heavy atom. The van der Waals surface area contributed by atoms with Gasteiger partial charge in [-0.15, -0.1) is 16.7 Å². The smallest absolute Gasteiger partial charge is 0.157 e. The van der Waals surface area contributed by atoms with Crippen molar-refractivity contribution in [2.24, 2.45) is 0 Å². The summed E-state index contributed by atoms with van der Waals surface area (Å²) in [6, 6.07) is 1.86. The van der Waals surface area contributed by atoms with E-state index in [4.69, 9.17) is 16.9 Å². The summed E-state index contributed by atoms with van der Waals surface area (Å²) in [5.74, 6) is 0. The van der Waals surface area contributed by atoms with Crippen LogP contribution in [0.5, 0.6) is 0 Å². The fourth-order valence-corrected chi connectivity index (χ4v) is 0.954. The third kappa shape index (κ3) is 1.37. The largest absolute Gasteiger partial charge is 0.196 e. The first-order valence-corrected chi connectivity index (χ1v) is 3.36. The second-order valence-corrected chi connectivity index (χ2v) is 2.57. The second-order valence-electron chi connectivity index (χ2n) is 1.31. The molecule has 0 N–H and O–H groups in total. The molecule has 1 rings (SSSR count). The molecule has 0 bridgehead atoms. The van der Waals surface area contributed by atoms with Gasteiger partial charge in [0.25, 0.3) is 0 Å². The van der Waals surface area contributed by atoms with Gasteiger partial charge in [0.15, 0.2) is 5.38 Å². The number of nitrogens with zero attached hydrogens (tertiary/aromatic N) is 3. The highest BCUT2D eigenvalue weighted by molar-refractivity contribution is 7.05. The zero-order valence-electron chi connectivity index (χ0n) is 4.28. The third-order valence-electron chi connectivity index (χ3n) is 0.741. The minimum atomic E-state index is -0.593. The molecule has 0 aromatic carbocycles. The van der Waals surface area contributed by atoms with E-state index in [1.165, 1.54) is 6.20 Å². The van der Waals surface area contributed by atoms with Crippen LogP contribution >= 0.6 is 23.1 Å². The van der Waals surface area contributed by atoms with Gasteiger partial charge in [0, 0.05) is 0 Å². The average molecular weight is 160 g/mol. The van der Waals surface area contributed by atoms with Crippen LogP contribution in [0.15, 0.2) is 6.20 Å². The first kappa shape index (κ1) is 6.46. The van der Waals surface area contributed by atoms with Crippen molar-refractivity contribution in [2.75, 3.05) is 0 Å². The highest BCUT2D eigenvalue weighted by atomic mass is 35.5. The molecule has 1 unspecified atom stereocenters. The van der Waals surface area contributed by atoms with E-state index in [-0.39, 0.29) is 0 Å². The SMILES string of the molecule is N#CC(Cl)c1cnns1. The van der Waals surface area contributed by atoms with Crippen LogP contribution in [0.1, 0.15) is 10.3 Å². The molecule has 1 aromatic rings. The number of rotatable bonds is 1. The Hall–Kier alpha value is -0.660. The van der Waals surface area contributed by atoms with Crippen molar-refractivity contribution in [3.63, 3.8) is 0 Å². The van der Waals surface area contributed by atoms with Gasteiger partial charge in [0.2, 0.25) is 0 Å². The van der Waals surface area contributed by atoms with Crippen molar-refractivity contribution in [1.82, 2.24) is 9.59 Å². The fourth-order valence-electron chi connectivity index (χ4n) is 0.350. The predicted octanol–water partition coefficient (Wildman–Crippen LogP) is 1.34. The van der Waals surface area contributed by atoms with Crippen molar-refractivity contribution in [1.29, 1.82) is 5.26 Å². The van der Waals surface area contributed by atoms with Crippen LogP contribution in [0, 0.1) is 11.3 Å². The van der Waals surface area contributed by atoms with Crippen molar-refractivity contribution in [3.05, 3.63) is 11.1 Å². The van der Waals surface area contributed by atoms with Gasteiger partial charge in [0.05, 0.1) is 17.1 Å². The lowest BCUT2D eigenvalue weighted by atomic mass is 10.4. The molecular weight excluding hydrogens is 158 g/mol. The van der Waals surface area contributed by atoms with Crippen LogP contribution in [-0.4, -0.2) is 9.59 Å². The number of hydrogen-bond acceptors (Lipinski definition) is 4. The maximum absolute atomic E-state index is 8.28. The van der Waals surface area contributed by atoms with Crippen molar-refractivity contribution in [2.45, 2.75) is 5.38 Å². The molecule has 3 nitrogen and oxygen atoms in total. The topological polar surface area (TPSA) is 49.6 Å². The van der Waals surface area contributed by atoms with E-state index in [2.05, 4.69) is 9.59 Å². The van der Waals surface area contributed by atoms with Gasteiger partial charge in [-0.2, -0.15) is 5.26 Å². The number of aromatic nitrogens is 2. The standard InChI is InChI=1S/C4H2ClN3S/c5-3(1-6)4-2-7-8-9-4/h2-3H. The van der Waals surface area contributed by atoms with Crippen molar-refractivity contribution in [3.8, 4) is 6.07 Å². The number of alkyl halides is 1. The monoisotopic (exact) mass is 159 g/mol. The molecule has 0 aliphatic rings. The molecule has 46 valence electrons. The first-order valence-electron chi connectivity index (χ1n) is 2.15. The summed E-state index contributed by atoms with van der Waals surface area (Å²) in [4.78, 5) is 0.694. The molecule has 0 saturated carbocycles. The van der Waals surface area contributed by atoms with E-state index < -0.39 is 5.38 Å². The van der Waals surface area contributed by atoms with Gasteiger partial charge in [-0.1, -0.05) is 4.49 Å². The third-order valence-corrected chi connectivity index (χ3v) is 1.93. The van der Waals surface area contributed by atoms with E-state index in [1.807, 2.05) is 6.07 Å². The number of halogens is 1. The summed E-state index contributed by atoms with van der Waals surface area (Å²) < 4.78 is 3.55. The molecule has 9 heavy (non-hydrogen) atoms. The quantitative estimate of drug-likeness (QED) is 0.581. The van der Waals surface area contributed by atoms with E-state index in [0.29, 0.717) is 4.88 Å². The maximum atomic E-state index is 8.28. The van der Waals surface area contributed by atoms with Crippen LogP contribution in [-0.2, 0) is 0 Å². The molecule has 0 radical (unpaired) electrons. The van der Waals surface area contributed by atoms with Gasteiger partial charge >= 0.3 is 0 Å². The first-order chi connectivity index (χ1) is 4.34. The van der Waals surface area contributed by atoms with Crippen LogP contribution in [0.4, 0.5) is 0 Å². The van der Waals surface area contributed by atoms with Gasteiger partial charge in [-0.25, -0.2) is 0 Å². The highest BCUT2D eigenvalue weighted by Gasteiger charge is 2.06. The van der Waals surface area contributed by atoms with Crippen LogP contribution in [0.3, 0.4) is 0 Å². The molecule has 0 fully saturated rings. The van der Waals surface area contributed by atoms with Crippen LogP contribution in [0.2, 0.25) is 0 Å².